The third-order valence-corrected chi connectivity index (χ3v) is 4.08. The van der Waals surface area contributed by atoms with E-state index >= 15 is 0 Å². The second-order valence-corrected chi connectivity index (χ2v) is 5.40. The Hall–Kier alpha value is -0.310. The smallest absolute Gasteiger partial charge is 0.0485 e. The Morgan fingerprint density at radius 3 is 2.44 bits per heavy atom. The average Bonchev–Trinajstić information content (AvgIpc) is 2.29. The van der Waals surface area contributed by atoms with Crippen LogP contribution in [0.15, 0.2) is 51.4 Å². The van der Waals surface area contributed by atoms with Crippen molar-refractivity contribution in [1.29, 1.82) is 0 Å². The van der Waals surface area contributed by atoms with Gasteiger partial charge in [0.2, 0.25) is 0 Å². The lowest BCUT2D eigenvalue weighted by Crippen LogP contribution is -1.85. The molecule has 0 saturated heterocycles. The number of hydrogen-bond acceptors (Lipinski definition) is 0. The Bertz CT molecular complexity index is 509. The number of alkyl halides is 1. The van der Waals surface area contributed by atoms with E-state index in [1.807, 2.05) is 24.3 Å². The molecule has 2 aromatic carbocycles. The molecule has 0 heterocycles. The van der Waals surface area contributed by atoms with Gasteiger partial charge in [0, 0.05) is 14.8 Å². The van der Waals surface area contributed by atoms with Gasteiger partial charge in [-0.25, -0.2) is 0 Å². The van der Waals surface area contributed by atoms with Crippen LogP contribution in [0.4, 0.5) is 0 Å². The quantitative estimate of drug-likeness (QED) is 0.610. The van der Waals surface area contributed by atoms with Gasteiger partial charge < -0.3 is 0 Å². The molecule has 16 heavy (non-hydrogen) atoms. The van der Waals surface area contributed by atoms with Crippen LogP contribution in [0.3, 0.4) is 0 Å². The van der Waals surface area contributed by atoms with E-state index in [2.05, 4.69) is 50.1 Å². The molecule has 0 unspecified atom stereocenters. The molecule has 2 aromatic rings. The molecule has 0 N–H and O–H groups in total. The zero-order chi connectivity index (χ0) is 11.5. The van der Waals surface area contributed by atoms with Crippen LogP contribution in [-0.2, 0) is 5.88 Å². The van der Waals surface area contributed by atoms with Gasteiger partial charge in [0.25, 0.3) is 0 Å². The summed E-state index contributed by atoms with van der Waals surface area (Å²) in [6, 6.07) is 14.4. The van der Waals surface area contributed by atoms with E-state index in [1.54, 1.807) is 0 Å². The molecule has 0 aliphatic rings. The Kier molecular flexibility index (Phi) is 4.06. The van der Waals surface area contributed by atoms with Crippen molar-refractivity contribution in [2.75, 3.05) is 0 Å². The van der Waals surface area contributed by atoms with Gasteiger partial charge in [0.15, 0.2) is 0 Å². The third kappa shape index (κ3) is 2.50. The maximum absolute atomic E-state index is 5.88. The molecule has 82 valence electrons. The van der Waals surface area contributed by atoms with E-state index < -0.39 is 0 Å². The third-order valence-electron chi connectivity index (χ3n) is 2.36. The van der Waals surface area contributed by atoms with E-state index in [0.29, 0.717) is 5.88 Å². The minimum Gasteiger partial charge on any atom is -0.122 e. The Morgan fingerprint density at radius 1 is 1.00 bits per heavy atom. The van der Waals surface area contributed by atoms with Gasteiger partial charge in [-0.05, 0) is 44.8 Å². The van der Waals surface area contributed by atoms with Crippen LogP contribution in [0, 0.1) is 0 Å². The lowest BCUT2D eigenvalue weighted by molar-refractivity contribution is 1.37. The Balaban J connectivity index is 2.56. The van der Waals surface area contributed by atoms with Crippen molar-refractivity contribution in [2.24, 2.45) is 0 Å². The van der Waals surface area contributed by atoms with Crippen LogP contribution < -0.4 is 0 Å². The summed E-state index contributed by atoms with van der Waals surface area (Å²) in [5, 5.41) is 0. The van der Waals surface area contributed by atoms with Gasteiger partial charge in [-0.15, -0.1) is 11.6 Å². The fraction of sp³-hybridized carbons (Fsp3) is 0.0769. The molecule has 0 aliphatic heterocycles. The van der Waals surface area contributed by atoms with Gasteiger partial charge in [0.1, 0.15) is 0 Å². The van der Waals surface area contributed by atoms with E-state index in [1.165, 1.54) is 11.1 Å². The van der Waals surface area contributed by atoms with E-state index in [9.17, 15) is 0 Å². The zero-order valence-electron chi connectivity index (χ0n) is 8.38. The first-order valence-corrected chi connectivity index (χ1v) is 6.93. The second-order valence-electron chi connectivity index (χ2n) is 3.42. The second kappa shape index (κ2) is 5.35. The van der Waals surface area contributed by atoms with Crippen molar-refractivity contribution in [3.63, 3.8) is 0 Å². The first kappa shape index (κ1) is 12.2. The van der Waals surface area contributed by atoms with Crippen LogP contribution >= 0.6 is 43.5 Å². The fourth-order valence-electron chi connectivity index (χ4n) is 1.56. The van der Waals surface area contributed by atoms with Gasteiger partial charge in [-0.2, -0.15) is 0 Å². The maximum atomic E-state index is 5.88. The topological polar surface area (TPSA) is 0 Å². The molecule has 0 spiro atoms. The van der Waals surface area contributed by atoms with Crippen molar-refractivity contribution in [1.82, 2.24) is 0 Å². The number of halogens is 3. The molecule has 0 fully saturated rings. The SMILES string of the molecule is ClCc1cccc(-c2cccc(Br)c2)c1Br. The Labute approximate surface area is 117 Å². The highest BCUT2D eigenvalue weighted by atomic mass is 79.9. The molecule has 0 nitrogen and oxygen atoms in total. The molecular formula is C13H9Br2Cl. The monoisotopic (exact) mass is 358 g/mol. The van der Waals surface area contributed by atoms with Crippen molar-refractivity contribution in [3.05, 3.63) is 57.0 Å². The summed E-state index contributed by atoms with van der Waals surface area (Å²) in [7, 11) is 0. The predicted molar refractivity (Wildman–Crippen MR) is 76.8 cm³/mol. The molecule has 3 heteroatoms. The van der Waals surface area contributed by atoms with Gasteiger partial charge in [-0.1, -0.05) is 46.3 Å². The van der Waals surface area contributed by atoms with E-state index in [4.69, 9.17) is 11.6 Å². The highest BCUT2D eigenvalue weighted by molar-refractivity contribution is 9.11. The zero-order valence-corrected chi connectivity index (χ0v) is 12.3. The average molecular weight is 360 g/mol. The number of benzene rings is 2. The summed E-state index contributed by atoms with van der Waals surface area (Å²) in [6.45, 7) is 0. The predicted octanol–water partition coefficient (Wildman–Crippen LogP) is 5.62. The maximum Gasteiger partial charge on any atom is 0.0485 e. The summed E-state index contributed by atoms with van der Waals surface area (Å²) in [5.74, 6) is 0.516. The van der Waals surface area contributed by atoms with E-state index in [-0.39, 0.29) is 0 Å². The fourth-order valence-corrected chi connectivity index (χ4v) is 2.98. The molecule has 0 aliphatic carbocycles. The standard InChI is InChI=1S/C13H9Br2Cl/c14-11-5-1-3-9(7-11)12-6-2-4-10(8-16)13(12)15/h1-7H,8H2. The van der Waals surface area contributed by atoms with Gasteiger partial charge >= 0.3 is 0 Å². The summed E-state index contributed by atoms with van der Waals surface area (Å²) in [4.78, 5) is 0. The largest absolute Gasteiger partial charge is 0.122 e. The summed E-state index contributed by atoms with van der Waals surface area (Å²) >= 11 is 13.0. The van der Waals surface area contributed by atoms with Crippen molar-refractivity contribution >= 4 is 43.5 Å². The highest BCUT2D eigenvalue weighted by Gasteiger charge is 2.06. The number of hydrogen-bond donors (Lipinski definition) is 0. The highest BCUT2D eigenvalue weighted by Crippen LogP contribution is 2.32. The van der Waals surface area contributed by atoms with Crippen molar-refractivity contribution < 1.29 is 0 Å². The first-order valence-electron chi connectivity index (χ1n) is 4.81. The molecule has 2 rings (SSSR count). The molecule has 0 bridgehead atoms. The van der Waals surface area contributed by atoms with Crippen LogP contribution in [0.25, 0.3) is 11.1 Å². The minimum atomic E-state index is 0.516. The molecular weight excluding hydrogens is 351 g/mol. The normalized spacial score (nSPS) is 10.4. The van der Waals surface area contributed by atoms with Crippen LogP contribution in [0.5, 0.6) is 0 Å². The lowest BCUT2D eigenvalue weighted by atomic mass is 10.0. The molecule has 0 saturated carbocycles. The van der Waals surface area contributed by atoms with E-state index in [0.717, 1.165) is 14.5 Å². The molecule has 0 atom stereocenters. The molecule has 0 amide bonds. The number of rotatable bonds is 2. The minimum absolute atomic E-state index is 0.516. The van der Waals surface area contributed by atoms with Crippen LogP contribution in [-0.4, -0.2) is 0 Å². The summed E-state index contributed by atoms with van der Waals surface area (Å²) in [6.07, 6.45) is 0. The van der Waals surface area contributed by atoms with Gasteiger partial charge in [-0.3, -0.25) is 0 Å². The molecule has 0 radical (unpaired) electrons. The van der Waals surface area contributed by atoms with Gasteiger partial charge in [0.05, 0.1) is 0 Å². The van der Waals surface area contributed by atoms with Crippen LogP contribution in [0.2, 0.25) is 0 Å². The summed E-state index contributed by atoms with van der Waals surface area (Å²) in [5.41, 5.74) is 3.45. The van der Waals surface area contributed by atoms with Crippen molar-refractivity contribution in [2.45, 2.75) is 5.88 Å². The molecule has 0 aromatic heterocycles. The first-order chi connectivity index (χ1) is 7.72. The van der Waals surface area contributed by atoms with Crippen molar-refractivity contribution in [3.8, 4) is 11.1 Å². The lowest BCUT2D eigenvalue weighted by Gasteiger charge is -2.08. The Morgan fingerprint density at radius 2 is 1.75 bits per heavy atom. The van der Waals surface area contributed by atoms with Crippen LogP contribution in [0.1, 0.15) is 5.56 Å². The summed E-state index contributed by atoms with van der Waals surface area (Å²) < 4.78 is 2.15.